The Morgan fingerprint density at radius 2 is 1.95 bits per heavy atom. The normalized spacial score (nSPS) is 10.3. The van der Waals surface area contributed by atoms with E-state index in [1.807, 2.05) is 0 Å². The first kappa shape index (κ1) is 15.0. The van der Waals surface area contributed by atoms with Gasteiger partial charge in [0.1, 0.15) is 11.6 Å². The van der Waals surface area contributed by atoms with Gasteiger partial charge >= 0.3 is 5.69 Å². The number of benzene rings is 1. The van der Waals surface area contributed by atoms with Crippen molar-refractivity contribution >= 4 is 23.4 Å². The Labute approximate surface area is 114 Å². The summed E-state index contributed by atoms with van der Waals surface area (Å²) in [6.07, 6.45) is 1.29. The van der Waals surface area contributed by atoms with Gasteiger partial charge < -0.3 is 4.90 Å². The second-order valence-corrected chi connectivity index (χ2v) is 4.10. The standard InChI is InChI=1S/C11H11N5O4/c1-7-9(15(17)18)4-8(5-12)10(11(7)16(19)20)13-6-14(2)3/h4,6H,1-3H3. The van der Waals surface area contributed by atoms with Crippen LogP contribution < -0.4 is 0 Å². The number of hydrogen-bond donors (Lipinski definition) is 0. The average Bonchev–Trinajstić information content (AvgIpc) is 2.34. The van der Waals surface area contributed by atoms with Gasteiger partial charge in [0.2, 0.25) is 0 Å². The van der Waals surface area contributed by atoms with E-state index in [1.54, 1.807) is 20.2 Å². The highest BCUT2D eigenvalue weighted by molar-refractivity contribution is 5.78. The Bertz CT molecular complexity index is 645. The third-order valence-electron chi connectivity index (χ3n) is 2.42. The van der Waals surface area contributed by atoms with Crippen LogP contribution in [0.15, 0.2) is 11.1 Å². The molecule has 1 aromatic carbocycles. The molecule has 0 amide bonds. The van der Waals surface area contributed by atoms with E-state index in [9.17, 15) is 20.2 Å². The molecule has 104 valence electrons. The van der Waals surface area contributed by atoms with Crippen molar-refractivity contribution in [3.63, 3.8) is 0 Å². The molecule has 0 saturated carbocycles. The van der Waals surface area contributed by atoms with E-state index in [4.69, 9.17) is 5.26 Å². The van der Waals surface area contributed by atoms with E-state index in [1.165, 1.54) is 18.2 Å². The van der Waals surface area contributed by atoms with Crippen molar-refractivity contribution < 1.29 is 9.85 Å². The SMILES string of the molecule is Cc1c([N+](=O)[O-])cc(C#N)c(N=CN(C)C)c1[N+](=O)[O-]. The van der Waals surface area contributed by atoms with E-state index in [-0.39, 0.29) is 16.8 Å². The van der Waals surface area contributed by atoms with Crippen LogP contribution in [0, 0.1) is 38.5 Å². The van der Waals surface area contributed by atoms with Crippen molar-refractivity contribution in [2.75, 3.05) is 14.1 Å². The van der Waals surface area contributed by atoms with Crippen LogP contribution in [0.1, 0.15) is 11.1 Å². The highest BCUT2D eigenvalue weighted by Gasteiger charge is 2.29. The summed E-state index contributed by atoms with van der Waals surface area (Å²) in [5, 5.41) is 31.0. The van der Waals surface area contributed by atoms with Crippen LogP contribution >= 0.6 is 0 Å². The molecule has 0 fully saturated rings. The third kappa shape index (κ3) is 2.86. The quantitative estimate of drug-likeness (QED) is 0.358. The molecule has 0 radical (unpaired) electrons. The number of nitrogens with zero attached hydrogens (tertiary/aromatic N) is 5. The van der Waals surface area contributed by atoms with Crippen molar-refractivity contribution in [2.24, 2.45) is 4.99 Å². The van der Waals surface area contributed by atoms with Crippen LogP contribution in [0.5, 0.6) is 0 Å². The Morgan fingerprint density at radius 3 is 2.35 bits per heavy atom. The molecule has 0 heterocycles. The second-order valence-electron chi connectivity index (χ2n) is 4.10. The summed E-state index contributed by atoms with van der Waals surface area (Å²) in [4.78, 5) is 25.9. The second kappa shape index (κ2) is 5.75. The minimum Gasteiger partial charge on any atom is -0.369 e. The molecule has 9 nitrogen and oxygen atoms in total. The highest BCUT2D eigenvalue weighted by atomic mass is 16.6. The van der Waals surface area contributed by atoms with Crippen molar-refractivity contribution in [1.82, 2.24) is 4.90 Å². The lowest BCUT2D eigenvalue weighted by Gasteiger charge is -2.06. The number of hydrogen-bond acceptors (Lipinski definition) is 6. The highest BCUT2D eigenvalue weighted by Crippen LogP contribution is 2.39. The minimum absolute atomic E-state index is 0.134. The summed E-state index contributed by atoms with van der Waals surface area (Å²) in [6, 6.07) is 2.69. The van der Waals surface area contributed by atoms with Crippen LogP contribution in [0.2, 0.25) is 0 Å². The average molecular weight is 277 g/mol. The van der Waals surface area contributed by atoms with Gasteiger partial charge in [0, 0.05) is 20.2 Å². The molecule has 0 aliphatic rings. The fraction of sp³-hybridized carbons (Fsp3) is 0.273. The van der Waals surface area contributed by atoms with Crippen molar-refractivity contribution in [3.05, 3.63) is 37.4 Å². The van der Waals surface area contributed by atoms with E-state index in [0.717, 1.165) is 6.07 Å². The molecular formula is C11H11N5O4. The number of nitriles is 1. The summed E-state index contributed by atoms with van der Waals surface area (Å²) >= 11 is 0. The van der Waals surface area contributed by atoms with E-state index < -0.39 is 21.2 Å². The molecule has 0 spiro atoms. The molecule has 0 aromatic heterocycles. The number of aliphatic imine (C=N–C) groups is 1. The summed E-state index contributed by atoms with van der Waals surface area (Å²) in [7, 11) is 3.30. The molecule has 1 rings (SSSR count). The van der Waals surface area contributed by atoms with Crippen molar-refractivity contribution in [1.29, 1.82) is 5.26 Å². The summed E-state index contributed by atoms with van der Waals surface area (Å²) in [6.45, 7) is 1.26. The summed E-state index contributed by atoms with van der Waals surface area (Å²) in [5.74, 6) is 0. The molecule has 0 unspecified atom stereocenters. The number of nitro benzene ring substituents is 2. The predicted octanol–water partition coefficient (Wildman–Crippen LogP) is 1.90. The third-order valence-corrected chi connectivity index (χ3v) is 2.42. The molecule has 0 saturated heterocycles. The maximum Gasteiger partial charge on any atom is 0.306 e. The Kier molecular flexibility index (Phi) is 4.32. The zero-order valence-corrected chi connectivity index (χ0v) is 11.0. The molecule has 0 aliphatic carbocycles. The molecule has 0 N–H and O–H groups in total. The van der Waals surface area contributed by atoms with Crippen molar-refractivity contribution in [3.8, 4) is 6.07 Å². The van der Waals surface area contributed by atoms with E-state index in [2.05, 4.69) is 4.99 Å². The number of rotatable bonds is 4. The molecule has 1 aromatic rings. The van der Waals surface area contributed by atoms with Gasteiger partial charge in [0.25, 0.3) is 5.69 Å². The Balaban J connectivity index is 3.73. The first-order chi connectivity index (χ1) is 9.29. The van der Waals surface area contributed by atoms with E-state index >= 15 is 0 Å². The summed E-state index contributed by atoms with van der Waals surface area (Å²) < 4.78 is 0. The van der Waals surface area contributed by atoms with Gasteiger partial charge in [0.05, 0.1) is 21.7 Å². The molecule has 20 heavy (non-hydrogen) atoms. The maximum absolute atomic E-state index is 11.1. The predicted molar refractivity (Wildman–Crippen MR) is 71.0 cm³/mol. The van der Waals surface area contributed by atoms with Crippen LogP contribution in [-0.2, 0) is 0 Å². The molecule has 9 heteroatoms. The van der Waals surface area contributed by atoms with Gasteiger partial charge in [0.15, 0.2) is 5.69 Å². The molecule has 0 bridgehead atoms. The smallest absolute Gasteiger partial charge is 0.306 e. The van der Waals surface area contributed by atoms with Gasteiger partial charge in [-0.05, 0) is 6.92 Å². The zero-order chi connectivity index (χ0) is 15.4. The molecular weight excluding hydrogens is 266 g/mol. The zero-order valence-electron chi connectivity index (χ0n) is 11.0. The van der Waals surface area contributed by atoms with Crippen LogP contribution in [0.3, 0.4) is 0 Å². The lowest BCUT2D eigenvalue weighted by Crippen LogP contribution is -2.08. The first-order valence-electron chi connectivity index (χ1n) is 5.36. The van der Waals surface area contributed by atoms with Crippen LogP contribution in [-0.4, -0.2) is 35.2 Å². The van der Waals surface area contributed by atoms with Crippen LogP contribution in [0.4, 0.5) is 17.1 Å². The molecule has 0 aliphatic heterocycles. The first-order valence-corrected chi connectivity index (χ1v) is 5.36. The van der Waals surface area contributed by atoms with Crippen molar-refractivity contribution in [2.45, 2.75) is 6.92 Å². The largest absolute Gasteiger partial charge is 0.369 e. The van der Waals surface area contributed by atoms with Gasteiger partial charge in [-0.15, -0.1) is 0 Å². The Hall–Kier alpha value is -3.02. The monoisotopic (exact) mass is 277 g/mol. The fourth-order valence-corrected chi connectivity index (χ4v) is 1.54. The topological polar surface area (TPSA) is 126 Å². The summed E-state index contributed by atoms with van der Waals surface area (Å²) in [5.41, 5.74) is -1.54. The van der Waals surface area contributed by atoms with Crippen LogP contribution in [0.25, 0.3) is 0 Å². The van der Waals surface area contributed by atoms with E-state index in [0.29, 0.717) is 0 Å². The lowest BCUT2D eigenvalue weighted by molar-refractivity contribution is -0.394. The van der Waals surface area contributed by atoms with Gasteiger partial charge in [-0.1, -0.05) is 0 Å². The van der Waals surface area contributed by atoms with Gasteiger partial charge in [-0.25, -0.2) is 4.99 Å². The number of nitro groups is 2. The van der Waals surface area contributed by atoms with Gasteiger partial charge in [-0.2, -0.15) is 5.26 Å². The Morgan fingerprint density at radius 1 is 1.35 bits per heavy atom. The lowest BCUT2D eigenvalue weighted by atomic mass is 10.1. The fourth-order valence-electron chi connectivity index (χ4n) is 1.54. The van der Waals surface area contributed by atoms with Gasteiger partial charge in [-0.3, -0.25) is 20.2 Å². The minimum atomic E-state index is -0.772. The maximum atomic E-state index is 11.1. The molecule has 0 atom stereocenters.